The first kappa shape index (κ1) is 20.1. The number of para-hydroxylation sites is 1. The van der Waals surface area contributed by atoms with Gasteiger partial charge >= 0.3 is 18.5 Å². The van der Waals surface area contributed by atoms with Crippen molar-refractivity contribution in [1.29, 1.82) is 0 Å². The van der Waals surface area contributed by atoms with Crippen LogP contribution in [0.5, 0.6) is 17.2 Å². The third-order valence-corrected chi connectivity index (χ3v) is 3.18. The molecule has 0 amide bonds. The van der Waals surface area contributed by atoms with E-state index in [-0.39, 0.29) is 22.6 Å². The van der Waals surface area contributed by atoms with Crippen molar-refractivity contribution in [2.45, 2.75) is 12.5 Å². The lowest BCUT2D eigenvalue weighted by atomic mass is 10.1. The van der Waals surface area contributed by atoms with Crippen LogP contribution in [-0.2, 0) is 9.53 Å². The van der Waals surface area contributed by atoms with Gasteiger partial charge in [0.15, 0.2) is 0 Å². The molecule has 0 atom stereocenters. The topological polar surface area (TPSA) is 65.0 Å². The lowest BCUT2D eigenvalue weighted by Gasteiger charge is -2.17. The molecule has 2 aromatic carbocycles. The van der Waals surface area contributed by atoms with Crippen LogP contribution in [-0.4, -0.2) is 30.7 Å². The first-order chi connectivity index (χ1) is 12.7. The zero-order valence-electron chi connectivity index (χ0n) is 13.9. The first-order valence-corrected chi connectivity index (χ1v) is 7.43. The van der Waals surface area contributed by atoms with Crippen LogP contribution in [0.3, 0.4) is 0 Å². The molecule has 144 valence electrons. The van der Waals surface area contributed by atoms with Gasteiger partial charge in [0.2, 0.25) is 0 Å². The van der Waals surface area contributed by atoms with E-state index in [1.807, 2.05) is 0 Å². The molecule has 0 fully saturated rings. The first-order valence-electron chi connectivity index (χ1n) is 7.43. The standard InChI is InChI=1S/C18H14F4O5/c1-25-10-14(16(23)24)13-7-2-3-8-15(13)26-11-5-4-6-12(9-11)27-18(21,22)17(19)20/h2-10,17H,1H3,(H,23,24)/b14-10-. The summed E-state index contributed by atoms with van der Waals surface area (Å²) in [5, 5.41) is 9.29. The van der Waals surface area contributed by atoms with Crippen LogP contribution in [0, 0.1) is 0 Å². The summed E-state index contributed by atoms with van der Waals surface area (Å²) >= 11 is 0. The maximum absolute atomic E-state index is 13.0. The number of ether oxygens (including phenoxy) is 3. The highest BCUT2D eigenvalue weighted by molar-refractivity contribution is 6.15. The van der Waals surface area contributed by atoms with Crippen LogP contribution < -0.4 is 9.47 Å². The minimum atomic E-state index is -4.66. The largest absolute Gasteiger partial charge is 0.503 e. The maximum atomic E-state index is 13.0. The number of alkyl halides is 4. The molecule has 9 heteroatoms. The molecule has 0 bridgehead atoms. The lowest BCUT2D eigenvalue weighted by Crippen LogP contribution is -2.33. The number of carbonyl (C=O) groups is 1. The van der Waals surface area contributed by atoms with Crippen LogP contribution in [0.2, 0.25) is 0 Å². The molecule has 0 radical (unpaired) electrons. The van der Waals surface area contributed by atoms with E-state index in [0.717, 1.165) is 18.4 Å². The van der Waals surface area contributed by atoms with Crippen LogP contribution >= 0.6 is 0 Å². The molecule has 2 aromatic rings. The Bertz CT molecular complexity index is 836. The molecule has 0 aromatic heterocycles. The molecule has 27 heavy (non-hydrogen) atoms. The van der Waals surface area contributed by atoms with E-state index in [1.54, 1.807) is 12.1 Å². The van der Waals surface area contributed by atoms with Crippen LogP contribution in [0.1, 0.15) is 5.56 Å². The fourth-order valence-electron chi connectivity index (χ4n) is 2.05. The van der Waals surface area contributed by atoms with Crippen molar-refractivity contribution in [3.8, 4) is 17.2 Å². The quantitative estimate of drug-likeness (QED) is 0.402. The number of hydrogen-bond acceptors (Lipinski definition) is 4. The molecular weight excluding hydrogens is 372 g/mol. The molecule has 0 saturated carbocycles. The number of methoxy groups -OCH3 is 1. The minimum absolute atomic E-state index is 0.0211. The van der Waals surface area contributed by atoms with E-state index in [1.165, 1.54) is 31.4 Å². The second-order valence-corrected chi connectivity index (χ2v) is 5.11. The third-order valence-electron chi connectivity index (χ3n) is 3.18. The molecule has 0 unspecified atom stereocenters. The molecule has 0 aliphatic carbocycles. The summed E-state index contributed by atoms with van der Waals surface area (Å²) in [4.78, 5) is 11.4. The average Bonchev–Trinajstić information content (AvgIpc) is 2.60. The van der Waals surface area contributed by atoms with Crippen LogP contribution in [0.15, 0.2) is 54.8 Å². The Balaban J connectivity index is 2.32. The van der Waals surface area contributed by atoms with Crippen molar-refractivity contribution in [1.82, 2.24) is 0 Å². The zero-order valence-corrected chi connectivity index (χ0v) is 13.9. The predicted octanol–water partition coefficient (Wildman–Crippen LogP) is 4.79. The van der Waals surface area contributed by atoms with E-state index >= 15 is 0 Å². The lowest BCUT2D eigenvalue weighted by molar-refractivity contribution is -0.253. The Hall–Kier alpha value is -3.23. The SMILES string of the molecule is CO/C=C(\C(=O)O)c1ccccc1Oc1cccc(OC(F)(F)C(F)F)c1. The number of carboxylic acids is 1. The van der Waals surface area contributed by atoms with Gasteiger partial charge in [-0.2, -0.15) is 17.6 Å². The molecule has 5 nitrogen and oxygen atoms in total. The molecule has 1 N–H and O–H groups in total. The summed E-state index contributed by atoms with van der Waals surface area (Å²) in [6, 6.07) is 10.7. The van der Waals surface area contributed by atoms with Crippen LogP contribution in [0.25, 0.3) is 5.57 Å². The van der Waals surface area contributed by atoms with Gasteiger partial charge in [0.25, 0.3) is 0 Å². The number of carboxylic acid groups (broad SMARTS) is 1. The summed E-state index contributed by atoms with van der Waals surface area (Å²) in [5.74, 6) is -1.75. The second-order valence-electron chi connectivity index (χ2n) is 5.11. The number of aliphatic carboxylic acids is 1. The Labute approximate surface area is 151 Å². The van der Waals surface area contributed by atoms with Crippen molar-refractivity contribution in [2.24, 2.45) is 0 Å². The molecule has 0 saturated heterocycles. The predicted molar refractivity (Wildman–Crippen MR) is 87.2 cm³/mol. The summed E-state index contributed by atoms with van der Waals surface area (Å²) in [5.41, 5.74) is -0.0409. The smallest absolute Gasteiger partial charge is 0.461 e. The molecule has 0 spiro atoms. The summed E-state index contributed by atoms with van der Waals surface area (Å²) < 4.78 is 64.9. The fourth-order valence-corrected chi connectivity index (χ4v) is 2.05. The molecule has 0 heterocycles. The van der Waals surface area contributed by atoms with Crippen molar-refractivity contribution in [3.05, 3.63) is 60.4 Å². The van der Waals surface area contributed by atoms with E-state index < -0.39 is 24.3 Å². The highest BCUT2D eigenvalue weighted by atomic mass is 19.3. The molecule has 2 rings (SSSR count). The average molecular weight is 386 g/mol. The number of rotatable bonds is 8. The minimum Gasteiger partial charge on any atom is -0.503 e. The van der Waals surface area contributed by atoms with Gasteiger partial charge < -0.3 is 19.3 Å². The van der Waals surface area contributed by atoms with Crippen LogP contribution in [0.4, 0.5) is 17.6 Å². The van der Waals surface area contributed by atoms with Gasteiger partial charge in [-0.15, -0.1) is 0 Å². The third kappa shape index (κ3) is 5.13. The van der Waals surface area contributed by atoms with Crippen molar-refractivity contribution in [3.63, 3.8) is 0 Å². The highest BCUT2D eigenvalue weighted by Crippen LogP contribution is 2.34. The van der Waals surface area contributed by atoms with E-state index in [4.69, 9.17) is 9.47 Å². The monoisotopic (exact) mass is 386 g/mol. The van der Waals surface area contributed by atoms with Crippen molar-refractivity contribution >= 4 is 11.5 Å². The van der Waals surface area contributed by atoms with Gasteiger partial charge in [0.05, 0.1) is 13.4 Å². The van der Waals surface area contributed by atoms with E-state index in [0.29, 0.717) is 0 Å². The Morgan fingerprint density at radius 2 is 1.78 bits per heavy atom. The Morgan fingerprint density at radius 3 is 2.41 bits per heavy atom. The van der Waals surface area contributed by atoms with E-state index in [2.05, 4.69) is 4.74 Å². The van der Waals surface area contributed by atoms with Gasteiger partial charge in [0, 0.05) is 11.6 Å². The number of benzene rings is 2. The van der Waals surface area contributed by atoms with Crippen molar-refractivity contribution in [2.75, 3.05) is 7.11 Å². The van der Waals surface area contributed by atoms with Gasteiger partial charge in [-0.1, -0.05) is 24.3 Å². The molecule has 0 aliphatic heterocycles. The molecular formula is C18H14F4O5. The van der Waals surface area contributed by atoms with Gasteiger partial charge in [-0.25, -0.2) is 4.79 Å². The Morgan fingerprint density at radius 1 is 1.11 bits per heavy atom. The zero-order chi connectivity index (χ0) is 20.0. The normalized spacial score (nSPS) is 12.0. The van der Waals surface area contributed by atoms with Gasteiger partial charge in [0.1, 0.15) is 22.8 Å². The second kappa shape index (κ2) is 8.43. The number of halogens is 4. The number of hydrogen-bond donors (Lipinski definition) is 1. The highest BCUT2D eigenvalue weighted by Gasteiger charge is 2.44. The fraction of sp³-hybridized carbons (Fsp3) is 0.167. The summed E-state index contributed by atoms with van der Waals surface area (Å²) in [7, 11) is 1.27. The Kier molecular flexibility index (Phi) is 6.27. The molecule has 0 aliphatic rings. The van der Waals surface area contributed by atoms with Gasteiger partial charge in [-0.05, 0) is 18.2 Å². The van der Waals surface area contributed by atoms with Crippen molar-refractivity contribution < 1.29 is 41.7 Å². The summed E-state index contributed by atoms with van der Waals surface area (Å²) in [6.07, 6.45) is -7.65. The van der Waals surface area contributed by atoms with Gasteiger partial charge in [-0.3, -0.25) is 0 Å². The maximum Gasteiger partial charge on any atom is 0.461 e. The summed E-state index contributed by atoms with van der Waals surface area (Å²) in [6.45, 7) is 0. The van der Waals surface area contributed by atoms with E-state index in [9.17, 15) is 27.5 Å².